The zero-order valence-electron chi connectivity index (χ0n) is 16.9. The molecule has 0 aromatic carbocycles. The van der Waals surface area contributed by atoms with E-state index >= 15 is 0 Å². The van der Waals surface area contributed by atoms with Crippen LogP contribution in [0.1, 0.15) is 117 Å². The van der Waals surface area contributed by atoms with Crippen molar-refractivity contribution in [1.29, 1.82) is 0 Å². The fourth-order valence-electron chi connectivity index (χ4n) is 3.28. The molecular weight excluding hydrogens is 288 g/mol. The van der Waals surface area contributed by atoms with Crippen molar-refractivity contribution in [3.8, 4) is 11.8 Å². The Hall–Kier alpha value is -0.440. The first-order valence-electron chi connectivity index (χ1n) is 10.8. The van der Waals surface area contributed by atoms with Crippen molar-refractivity contribution >= 4 is 0 Å². The number of hydrogen-bond acceptors (Lipinski definition) is 0. The highest BCUT2D eigenvalue weighted by Gasteiger charge is 2.11. The van der Waals surface area contributed by atoms with Crippen molar-refractivity contribution in [3.63, 3.8) is 0 Å². The van der Waals surface area contributed by atoms with Gasteiger partial charge in [-0.15, -0.1) is 11.8 Å². The Balaban J connectivity index is 3.59. The fraction of sp³-hybridized carbons (Fsp3) is 0.833. The van der Waals surface area contributed by atoms with Crippen LogP contribution < -0.4 is 0 Å². The van der Waals surface area contributed by atoms with Gasteiger partial charge >= 0.3 is 0 Å². The topological polar surface area (TPSA) is 0 Å². The van der Waals surface area contributed by atoms with E-state index in [-0.39, 0.29) is 0 Å². The number of rotatable bonds is 16. The van der Waals surface area contributed by atoms with Crippen molar-refractivity contribution in [1.82, 2.24) is 0 Å². The first-order chi connectivity index (χ1) is 11.7. The van der Waals surface area contributed by atoms with Gasteiger partial charge in [-0.25, -0.2) is 0 Å². The third-order valence-electron chi connectivity index (χ3n) is 5.08. The van der Waals surface area contributed by atoms with Crippen LogP contribution in [0, 0.1) is 37.5 Å². The summed E-state index contributed by atoms with van der Waals surface area (Å²) < 4.78 is 0. The number of unbranched alkanes of at least 4 members (excludes halogenated alkanes) is 11. The Bertz CT molecular complexity index is 291. The van der Waals surface area contributed by atoms with Gasteiger partial charge in [0.15, 0.2) is 0 Å². The second kappa shape index (κ2) is 18.9. The maximum Gasteiger partial charge on any atom is 0.00914 e. The predicted octanol–water partition coefficient (Wildman–Crippen LogP) is 8.17. The Morgan fingerprint density at radius 3 is 1.67 bits per heavy atom. The third-order valence-corrected chi connectivity index (χ3v) is 5.08. The van der Waals surface area contributed by atoms with Gasteiger partial charge in [-0.2, -0.15) is 0 Å². The summed E-state index contributed by atoms with van der Waals surface area (Å²) in [5, 5.41) is 0. The molecule has 0 aliphatic heterocycles. The Labute approximate surface area is 154 Å². The van der Waals surface area contributed by atoms with E-state index in [1.165, 1.54) is 77.0 Å². The first kappa shape index (κ1) is 23.6. The lowest BCUT2D eigenvalue weighted by Crippen LogP contribution is -2.08. The zero-order valence-corrected chi connectivity index (χ0v) is 16.9. The molecule has 0 aromatic rings. The highest BCUT2D eigenvalue weighted by molar-refractivity contribution is 4.98. The Kier molecular flexibility index (Phi) is 18.5. The van der Waals surface area contributed by atoms with Crippen LogP contribution in [0.15, 0.2) is 0 Å². The molecule has 0 N–H and O–H groups in total. The molecule has 0 saturated carbocycles. The summed E-state index contributed by atoms with van der Waals surface area (Å²) in [7, 11) is 0. The molecule has 24 heavy (non-hydrogen) atoms. The second-order valence-corrected chi connectivity index (χ2v) is 7.68. The molecule has 0 aromatic heterocycles. The molecule has 0 nitrogen and oxygen atoms in total. The molecule has 2 radical (unpaired) electrons. The lowest BCUT2D eigenvalue weighted by Gasteiger charge is -2.19. The minimum atomic E-state index is 0.806. The van der Waals surface area contributed by atoms with Gasteiger partial charge in [0.25, 0.3) is 0 Å². The van der Waals surface area contributed by atoms with Crippen molar-refractivity contribution < 1.29 is 0 Å². The van der Waals surface area contributed by atoms with Gasteiger partial charge in [0.1, 0.15) is 0 Å². The molecular formula is C24H44. The highest BCUT2D eigenvalue weighted by Crippen LogP contribution is 2.24. The highest BCUT2D eigenvalue weighted by atomic mass is 14.2. The van der Waals surface area contributed by atoms with Crippen LogP contribution in [0.25, 0.3) is 0 Å². The molecule has 0 aliphatic rings. The molecule has 0 saturated heterocycles. The third kappa shape index (κ3) is 16.4. The van der Waals surface area contributed by atoms with Gasteiger partial charge in [-0.3, -0.25) is 0 Å². The van der Waals surface area contributed by atoms with E-state index in [1.54, 1.807) is 0 Å². The number of hydrogen-bond donors (Lipinski definition) is 0. The summed E-state index contributed by atoms with van der Waals surface area (Å²) in [6.45, 7) is 12.6. The van der Waals surface area contributed by atoms with Crippen molar-refractivity contribution in [3.05, 3.63) is 13.8 Å². The van der Waals surface area contributed by atoms with Crippen molar-refractivity contribution in [2.24, 2.45) is 11.8 Å². The van der Waals surface area contributed by atoms with E-state index in [2.05, 4.69) is 39.5 Å². The minimum Gasteiger partial charge on any atom is -0.103 e. The van der Waals surface area contributed by atoms with Crippen LogP contribution in [-0.4, -0.2) is 0 Å². The Morgan fingerprint density at radius 2 is 1.08 bits per heavy atom. The van der Waals surface area contributed by atoms with Crippen molar-refractivity contribution in [2.45, 2.75) is 117 Å². The summed E-state index contributed by atoms with van der Waals surface area (Å²) in [6.07, 6.45) is 20.7. The summed E-state index contributed by atoms with van der Waals surface area (Å²) in [6, 6.07) is 0. The molecule has 1 unspecified atom stereocenters. The van der Waals surface area contributed by atoms with E-state index in [9.17, 15) is 0 Å². The van der Waals surface area contributed by atoms with E-state index in [0.717, 1.165) is 37.5 Å². The van der Waals surface area contributed by atoms with Crippen LogP contribution in [0.2, 0.25) is 0 Å². The van der Waals surface area contributed by atoms with Gasteiger partial charge in [0, 0.05) is 12.8 Å². The van der Waals surface area contributed by atoms with Gasteiger partial charge < -0.3 is 0 Å². The molecule has 0 heterocycles. The quantitative estimate of drug-likeness (QED) is 0.197. The molecule has 0 rings (SSSR count). The maximum atomic E-state index is 3.91. The SMILES string of the molecule is [CH2]CCCCC#CCCC(CCCCCCCCCC[CH2])C(C)C. The van der Waals surface area contributed by atoms with E-state index in [0.29, 0.717) is 0 Å². The van der Waals surface area contributed by atoms with Crippen LogP contribution in [-0.2, 0) is 0 Å². The maximum absolute atomic E-state index is 3.91. The first-order valence-corrected chi connectivity index (χ1v) is 10.8. The molecule has 1 atom stereocenters. The molecule has 0 bridgehead atoms. The molecule has 0 aliphatic carbocycles. The van der Waals surface area contributed by atoms with Crippen LogP contribution in [0.4, 0.5) is 0 Å². The van der Waals surface area contributed by atoms with Crippen LogP contribution >= 0.6 is 0 Å². The normalized spacial score (nSPS) is 12.2. The van der Waals surface area contributed by atoms with Gasteiger partial charge in [-0.05, 0) is 24.7 Å². The average Bonchev–Trinajstić information content (AvgIpc) is 2.57. The average molecular weight is 333 g/mol. The zero-order chi connectivity index (χ0) is 17.9. The minimum absolute atomic E-state index is 0.806. The van der Waals surface area contributed by atoms with Gasteiger partial charge in [0.2, 0.25) is 0 Å². The largest absolute Gasteiger partial charge is 0.103 e. The molecule has 0 amide bonds. The van der Waals surface area contributed by atoms with Gasteiger partial charge in [-0.1, -0.05) is 105 Å². The second-order valence-electron chi connectivity index (χ2n) is 7.68. The molecule has 0 fully saturated rings. The summed E-state index contributed by atoms with van der Waals surface area (Å²) in [5.74, 6) is 8.41. The van der Waals surface area contributed by atoms with Crippen LogP contribution in [0.3, 0.4) is 0 Å². The summed E-state index contributed by atoms with van der Waals surface area (Å²) in [5.41, 5.74) is 0. The smallest absolute Gasteiger partial charge is 0.00914 e. The van der Waals surface area contributed by atoms with Gasteiger partial charge in [0.05, 0.1) is 0 Å². The van der Waals surface area contributed by atoms with Crippen LogP contribution in [0.5, 0.6) is 0 Å². The fourth-order valence-corrected chi connectivity index (χ4v) is 3.28. The van der Waals surface area contributed by atoms with E-state index in [1.807, 2.05) is 0 Å². The molecule has 140 valence electrons. The molecule has 0 heteroatoms. The van der Waals surface area contributed by atoms with Crippen molar-refractivity contribution in [2.75, 3.05) is 0 Å². The molecule has 0 spiro atoms. The van der Waals surface area contributed by atoms with E-state index in [4.69, 9.17) is 0 Å². The summed E-state index contributed by atoms with van der Waals surface area (Å²) >= 11 is 0. The summed E-state index contributed by atoms with van der Waals surface area (Å²) in [4.78, 5) is 0. The standard InChI is InChI=1S/C24H44/c1-5-7-9-11-13-14-16-18-20-22-24(23(3)4)21-19-17-15-12-10-8-6-2/h23-24H,1-2,5-14,16,18-22H2,3-4H3. The monoisotopic (exact) mass is 332 g/mol. The van der Waals surface area contributed by atoms with E-state index < -0.39 is 0 Å². The Morgan fingerprint density at radius 1 is 0.583 bits per heavy atom. The lowest BCUT2D eigenvalue weighted by atomic mass is 9.86. The lowest BCUT2D eigenvalue weighted by molar-refractivity contribution is 0.327. The predicted molar refractivity (Wildman–Crippen MR) is 111 cm³/mol.